The summed E-state index contributed by atoms with van der Waals surface area (Å²) in [7, 11) is -0.538. The van der Waals surface area contributed by atoms with Crippen LogP contribution in [0.25, 0.3) is 5.65 Å². The Morgan fingerprint density at radius 2 is 2.06 bits per heavy atom. The average Bonchev–Trinajstić information content (AvgIpc) is 3.22. The Bertz CT molecular complexity index is 1220. The van der Waals surface area contributed by atoms with Gasteiger partial charge in [0.2, 0.25) is 16.0 Å². The second kappa shape index (κ2) is 9.62. The molecule has 3 heterocycles. The first-order chi connectivity index (χ1) is 15.8. The smallest absolute Gasteiger partial charge is 0.322 e. The molecule has 0 amide bonds. The van der Waals surface area contributed by atoms with Gasteiger partial charge in [-0.15, -0.1) is 0 Å². The summed E-state index contributed by atoms with van der Waals surface area (Å²) < 4.78 is 34.5. The van der Waals surface area contributed by atoms with Gasteiger partial charge < -0.3 is 15.4 Å². The van der Waals surface area contributed by atoms with E-state index < -0.39 is 10.0 Å². The first kappa shape index (κ1) is 23.4. The lowest BCUT2D eigenvalue weighted by molar-refractivity contribution is 0.153. The van der Waals surface area contributed by atoms with Gasteiger partial charge in [-0.05, 0) is 36.9 Å². The summed E-state index contributed by atoms with van der Waals surface area (Å²) >= 11 is 0. The molecule has 178 valence electrons. The van der Waals surface area contributed by atoms with Gasteiger partial charge in [-0.25, -0.2) is 12.7 Å². The maximum atomic E-state index is 12.8. The maximum absolute atomic E-state index is 12.8. The van der Waals surface area contributed by atoms with E-state index in [1.807, 2.05) is 6.07 Å². The molecule has 0 aliphatic carbocycles. The third-order valence-electron chi connectivity index (χ3n) is 5.69. The molecule has 3 aromatic rings. The molecular weight excluding hydrogens is 442 g/mol. The van der Waals surface area contributed by atoms with E-state index in [-0.39, 0.29) is 29.5 Å². The molecule has 0 bridgehead atoms. The van der Waals surface area contributed by atoms with Crippen LogP contribution in [0.2, 0.25) is 0 Å². The van der Waals surface area contributed by atoms with Crippen molar-refractivity contribution in [1.82, 2.24) is 29.2 Å². The summed E-state index contributed by atoms with van der Waals surface area (Å²) in [6.07, 6.45) is 3.77. The van der Waals surface area contributed by atoms with E-state index in [1.165, 1.54) is 18.4 Å². The van der Waals surface area contributed by atoms with Crippen molar-refractivity contribution in [2.45, 2.75) is 50.2 Å². The number of nitrogens with zero attached hydrogens (tertiary/aromatic N) is 5. The lowest BCUT2D eigenvalue weighted by Crippen LogP contribution is -2.37. The molecule has 2 aromatic heterocycles. The van der Waals surface area contributed by atoms with Crippen molar-refractivity contribution in [2.24, 2.45) is 0 Å². The summed E-state index contributed by atoms with van der Waals surface area (Å²) in [4.78, 5) is 9.47. The van der Waals surface area contributed by atoms with Crippen molar-refractivity contribution >= 4 is 21.6 Å². The van der Waals surface area contributed by atoms with E-state index >= 15 is 0 Å². The number of ether oxygens (including phenoxy) is 1. The quantitative estimate of drug-likeness (QED) is 0.512. The molecule has 0 saturated carbocycles. The largest absolute Gasteiger partial charge is 0.459 e. The Hall–Kier alpha value is -2.76. The summed E-state index contributed by atoms with van der Waals surface area (Å²) in [6.45, 7) is 6.16. The summed E-state index contributed by atoms with van der Waals surface area (Å²) in [5.41, 5.74) is 2.30. The van der Waals surface area contributed by atoms with Crippen LogP contribution in [0.4, 0.5) is 5.95 Å². The third-order valence-corrected chi connectivity index (χ3v) is 7.60. The van der Waals surface area contributed by atoms with Crippen LogP contribution >= 0.6 is 0 Å². The molecule has 2 N–H and O–H groups in total. The highest BCUT2D eigenvalue weighted by molar-refractivity contribution is 7.89. The Labute approximate surface area is 194 Å². The van der Waals surface area contributed by atoms with Crippen LogP contribution < -0.4 is 15.4 Å². The van der Waals surface area contributed by atoms with Crippen molar-refractivity contribution in [1.29, 1.82) is 0 Å². The van der Waals surface area contributed by atoms with Gasteiger partial charge in [0.15, 0.2) is 5.65 Å². The zero-order chi connectivity index (χ0) is 23.6. The van der Waals surface area contributed by atoms with Gasteiger partial charge >= 0.3 is 6.01 Å². The molecule has 1 aliphatic rings. The highest BCUT2D eigenvalue weighted by Crippen LogP contribution is 2.25. The van der Waals surface area contributed by atoms with Crippen molar-refractivity contribution in [3.05, 3.63) is 41.6 Å². The Morgan fingerprint density at radius 1 is 1.27 bits per heavy atom. The van der Waals surface area contributed by atoms with Crippen LogP contribution in [0, 0.1) is 0 Å². The minimum Gasteiger partial charge on any atom is -0.459 e. The fourth-order valence-corrected chi connectivity index (χ4v) is 4.91. The van der Waals surface area contributed by atoms with Gasteiger partial charge in [0.05, 0.1) is 11.1 Å². The van der Waals surface area contributed by atoms with E-state index in [0.29, 0.717) is 17.2 Å². The van der Waals surface area contributed by atoms with E-state index in [9.17, 15) is 8.42 Å². The lowest BCUT2D eigenvalue weighted by Gasteiger charge is -2.23. The molecule has 33 heavy (non-hydrogen) atoms. The minimum atomic E-state index is -3.58. The number of fused-ring (bicyclic) bond motifs is 1. The molecule has 0 spiro atoms. The number of rotatable bonds is 8. The number of benzene rings is 1. The van der Waals surface area contributed by atoms with Crippen molar-refractivity contribution in [3.63, 3.8) is 0 Å². The van der Waals surface area contributed by atoms with Gasteiger partial charge in [0.25, 0.3) is 0 Å². The van der Waals surface area contributed by atoms with Crippen molar-refractivity contribution < 1.29 is 13.2 Å². The first-order valence-corrected chi connectivity index (χ1v) is 12.6. The zero-order valence-electron chi connectivity index (χ0n) is 19.4. The highest BCUT2D eigenvalue weighted by atomic mass is 32.2. The monoisotopic (exact) mass is 473 g/mol. The van der Waals surface area contributed by atoms with Gasteiger partial charge in [-0.2, -0.15) is 19.6 Å². The lowest BCUT2D eigenvalue weighted by atomic mass is 10.1. The molecule has 1 fully saturated rings. The molecular formula is C22H31N7O3S. The zero-order valence-corrected chi connectivity index (χ0v) is 20.3. The van der Waals surface area contributed by atoms with Gasteiger partial charge in [0, 0.05) is 32.7 Å². The Balaban J connectivity index is 1.68. The molecule has 1 saturated heterocycles. The van der Waals surface area contributed by atoms with Gasteiger partial charge in [0.1, 0.15) is 6.10 Å². The summed E-state index contributed by atoms with van der Waals surface area (Å²) in [6, 6.07) is 7.22. The predicted molar refractivity (Wildman–Crippen MR) is 126 cm³/mol. The van der Waals surface area contributed by atoms with E-state index in [1.54, 1.807) is 28.9 Å². The fraction of sp³-hybridized carbons (Fsp3) is 0.500. The van der Waals surface area contributed by atoms with Crippen molar-refractivity contribution in [3.8, 4) is 6.01 Å². The minimum absolute atomic E-state index is 0.00503. The molecule has 10 nitrogen and oxygen atoms in total. The van der Waals surface area contributed by atoms with E-state index in [2.05, 4.69) is 39.5 Å². The van der Waals surface area contributed by atoms with E-state index in [4.69, 9.17) is 4.74 Å². The number of sulfonamides is 1. The molecule has 1 aliphatic heterocycles. The van der Waals surface area contributed by atoms with Crippen LogP contribution in [0.15, 0.2) is 35.4 Å². The van der Waals surface area contributed by atoms with Crippen LogP contribution in [-0.2, 0) is 16.6 Å². The Kier molecular flexibility index (Phi) is 6.82. The fourth-order valence-electron chi connectivity index (χ4n) is 3.79. The molecule has 4 rings (SSSR count). The van der Waals surface area contributed by atoms with Crippen molar-refractivity contribution in [2.75, 3.05) is 32.5 Å². The highest BCUT2D eigenvalue weighted by Gasteiger charge is 2.22. The Morgan fingerprint density at radius 3 is 2.76 bits per heavy atom. The van der Waals surface area contributed by atoms with Gasteiger partial charge in [-0.3, -0.25) is 0 Å². The number of aromatic nitrogens is 4. The first-order valence-electron chi connectivity index (χ1n) is 11.1. The van der Waals surface area contributed by atoms with Crippen LogP contribution in [0.5, 0.6) is 6.01 Å². The maximum Gasteiger partial charge on any atom is 0.322 e. The number of hydrogen-bond acceptors (Lipinski definition) is 8. The number of piperidine rings is 1. The molecule has 0 radical (unpaired) electrons. The second-order valence-corrected chi connectivity index (χ2v) is 10.8. The second-order valence-electron chi connectivity index (χ2n) is 8.65. The van der Waals surface area contributed by atoms with Gasteiger partial charge in [-0.1, -0.05) is 32.0 Å². The van der Waals surface area contributed by atoms with Crippen LogP contribution in [0.3, 0.4) is 0 Å². The SMILES string of the molecule is CC(C)c1cnn2c(NCc3ccccc3S(=O)(=O)N(C)C)nc(O[C@@H]3CCCNC3)nc12. The summed E-state index contributed by atoms with van der Waals surface area (Å²) in [5.74, 6) is 0.670. The molecule has 1 atom stereocenters. The third kappa shape index (κ3) is 4.94. The number of nitrogens with one attached hydrogen (secondary N) is 2. The summed E-state index contributed by atoms with van der Waals surface area (Å²) in [5, 5.41) is 11.1. The molecule has 0 unspecified atom stereocenters. The standard InChI is InChI=1S/C22H31N7O3S/c1-15(2)18-14-25-29-20(18)26-22(32-17-9-7-11-23-13-17)27-21(29)24-12-16-8-5-6-10-19(16)33(30,31)28(3)4/h5-6,8,10,14-15,17,23H,7,9,11-13H2,1-4H3,(H,24,26,27)/t17-/m1/s1. The topological polar surface area (TPSA) is 114 Å². The number of hydrogen-bond donors (Lipinski definition) is 2. The van der Waals surface area contributed by atoms with Crippen LogP contribution in [0.1, 0.15) is 43.7 Å². The van der Waals surface area contributed by atoms with Crippen LogP contribution in [-0.4, -0.2) is 65.6 Å². The normalized spacial score (nSPS) is 17.1. The molecule has 1 aromatic carbocycles. The predicted octanol–water partition coefficient (Wildman–Crippen LogP) is 2.24. The van der Waals surface area contributed by atoms with E-state index in [0.717, 1.165) is 31.5 Å². The molecule has 11 heteroatoms. The number of anilines is 1. The average molecular weight is 474 g/mol.